The summed E-state index contributed by atoms with van der Waals surface area (Å²) in [6.45, 7) is 9.74. The van der Waals surface area contributed by atoms with Gasteiger partial charge in [-0.3, -0.25) is 0 Å². The van der Waals surface area contributed by atoms with E-state index in [0.717, 1.165) is 27.1 Å². The first kappa shape index (κ1) is 17.3. The highest BCUT2D eigenvalue weighted by atomic mass is 32.2. The van der Waals surface area contributed by atoms with E-state index in [0.29, 0.717) is 0 Å². The summed E-state index contributed by atoms with van der Waals surface area (Å²) in [4.78, 5) is 21.7. The maximum absolute atomic E-state index is 11.8. The summed E-state index contributed by atoms with van der Waals surface area (Å²) < 4.78 is 0. The molecule has 23 heavy (non-hydrogen) atoms. The molecule has 1 heterocycles. The quantitative estimate of drug-likeness (QED) is 0.829. The van der Waals surface area contributed by atoms with E-state index in [2.05, 4.69) is 20.6 Å². The van der Waals surface area contributed by atoms with Crippen molar-refractivity contribution in [1.82, 2.24) is 15.3 Å². The van der Waals surface area contributed by atoms with Crippen molar-refractivity contribution in [1.29, 1.82) is 0 Å². The van der Waals surface area contributed by atoms with Crippen LogP contribution in [0.25, 0.3) is 0 Å². The predicted octanol–water partition coefficient (Wildman–Crippen LogP) is 4.16. The normalized spacial score (nSPS) is 11.2. The Morgan fingerprint density at radius 2 is 1.61 bits per heavy atom. The predicted molar refractivity (Wildman–Crippen MR) is 94.0 cm³/mol. The number of carbonyl (C=O) groups excluding carboxylic acids is 1. The minimum Gasteiger partial charge on any atom is -0.333 e. The van der Waals surface area contributed by atoms with Gasteiger partial charge in [-0.1, -0.05) is 0 Å². The third-order valence-electron chi connectivity index (χ3n) is 2.77. The molecule has 0 saturated heterocycles. The van der Waals surface area contributed by atoms with Crippen molar-refractivity contribution in [2.45, 2.75) is 50.2 Å². The van der Waals surface area contributed by atoms with Crippen molar-refractivity contribution in [2.24, 2.45) is 0 Å². The van der Waals surface area contributed by atoms with Crippen molar-refractivity contribution in [3.05, 3.63) is 41.7 Å². The zero-order chi connectivity index (χ0) is 17.0. The van der Waals surface area contributed by atoms with Crippen LogP contribution < -0.4 is 10.6 Å². The number of hydrogen-bond acceptors (Lipinski definition) is 4. The van der Waals surface area contributed by atoms with Gasteiger partial charge >= 0.3 is 6.03 Å². The van der Waals surface area contributed by atoms with Crippen LogP contribution in [-0.4, -0.2) is 21.5 Å². The van der Waals surface area contributed by atoms with Crippen LogP contribution >= 0.6 is 11.8 Å². The van der Waals surface area contributed by atoms with Crippen LogP contribution in [0.15, 0.2) is 40.4 Å². The summed E-state index contributed by atoms with van der Waals surface area (Å²) in [5.41, 5.74) is 2.40. The van der Waals surface area contributed by atoms with Crippen LogP contribution in [0.2, 0.25) is 0 Å². The van der Waals surface area contributed by atoms with Gasteiger partial charge in [0.05, 0.1) is 0 Å². The average molecular weight is 330 g/mol. The first-order valence-electron chi connectivity index (χ1n) is 7.41. The molecule has 1 aromatic heterocycles. The first-order valence-corrected chi connectivity index (χ1v) is 8.22. The molecule has 2 N–H and O–H groups in total. The molecule has 2 amide bonds. The molecule has 0 atom stereocenters. The maximum atomic E-state index is 11.8. The second-order valence-electron chi connectivity index (χ2n) is 6.39. The number of nitrogens with one attached hydrogen (secondary N) is 2. The van der Waals surface area contributed by atoms with Crippen LogP contribution in [0.4, 0.5) is 10.5 Å². The molecule has 5 nitrogen and oxygen atoms in total. The molecule has 0 radical (unpaired) electrons. The number of benzene rings is 1. The molecule has 0 aliphatic rings. The lowest BCUT2D eigenvalue weighted by Gasteiger charge is -2.20. The minimum atomic E-state index is -0.264. The fourth-order valence-electron chi connectivity index (χ4n) is 1.95. The standard InChI is InChI=1S/C17H22N4OS/c1-11-10-12(2)19-16(18-11)23-14-8-6-13(7-9-14)20-15(22)21-17(3,4)5/h6-10H,1-5H3,(H2,20,21,22). The molecule has 0 unspecified atom stereocenters. The molecule has 0 aliphatic carbocycles. The van der Waals surface area contributed by atoms with Gasteiger partial charge in [0.15, 0.2) is 5.16 Å². The Bertz CT molecular complexity index is 672. The summed E-state index contributed by atoms with van der Waals surface area (Å²) in [7, 11) is 0. The van der Waals surface area contributed by atoms with Gasteiger partial charge in [-0.05, 0) is 76.7 Å². The van der Waals surface area contributed by atoms with Crippen molar-refractivity contribution in [3.63, 3.8) is 0 Å². The zero-order valence-corrected chi connectivity index (χ0v) is 14.9. The van der Waals surface area contributed by atoms with Crippen molar-refractivity contribution < 1.29 is 4.79 Å². The Kier molecular flexibility index (Phi) is 5.26. The molecule has 2 aromatic rings. The zero-order valence-electron chi connectivity index (χ0n) is 14.1. The van der Waals surface area contributed by atoms with E-state index >= 15 is 0 Å². The summed E-state index contributed by atoms with van der Waals surface area (Å²) >= 11 is 1.50. The van der Waals surface area contributed by atoms with Crippen molar-refractivity contribution >= 4 is 23.5 Å². The Labute approximate surface area is 141 Å². The van der Waals surface area contributed by atoms with E-state index in [1.165, 1.54) is 11.8 Å². The number of hydrogen-bond donors (Lipinski definition) is 2. The van der Waals surface area contributed by atoms with Gasteiger partial charge in [-0.15, -0.1) is 0 Å². The Morgan fingerprint density at radius 1 is 1.04 bits per heavy atom. The molecule has 0 fully saturated rings. The van der Waals surface area contributed by atoms with Gasteiger partial charge in [0.25, 0.3) is 0 Å². The van der Waals surface area contributed by atoms with Crippen LogP contribution in [0.3, 0.4) is 0 Å². The van der Waals surface area contributed by atoms with Gasteiger partial charge in [0, 0.05) is 27.5 Å². The van der Waals surface area contributed by atoms with E-state index in [9.17, 15) is 4.79 Å². The SMILES string of the molecule is Cc1cc(C)nc(Sc2ccc(NC(=O)NC(C)(C)C)cc2)n1. The number of amides is 2. The van der Waals surface area contributed by atoms with Gasteiger partial charge < -0.3 is 10.6 Å². The Balaban J connectivity index is 2.00. The van der Waals surface area contributed by atoms with Crippen LogP contribution in [0.5, 0.6) is 0 Å². The lowest BCUT2D eigenvalue weighted by atomic mass is 10.1. The molecular formula is C17H22N4OS. The molecule has 2 rings (SSSR count). The first-order chi connectivity index (χ1) is 10.7. The van der Waals surface area contributed by atoms with Crippen molar-refractivity contribution in [3.8, 4) is 0 Å². The van der Waals surface area contributed by atoms with E-state index in [-0.39, 0.29) is 11.6 Å². The molecular weight excluding hydrogens is 308 g/mol. The van der Waals surface area contributed by atoms with Gasteiger partial charge in [0.2, 0.25) is 0 Å². The lowest BCUT2D eigenvalue weighted by molar-refractivity contribution is 0.244. The fraction of sp³-hybridized carbons (Fsp3) is 0.353. The minimum absolute atomic E-state index is 0.212. The Hall–Kier alpha value is -2.08. The number of urea groups is 1. The van der Waals surface area contributed by atoms with E-state index in [1.807, 2.05) is 65.0 Å². The maximum Gasteiger partial charge on any atom is 0.319 e. The number of carbonyl (C=O) groups is 1. The highest BCUT2D eigenvalue weighted by molar-refractivity contribution is 7.99. The van der Waals surface area contributed by atoms with Gasteiger partial charge in [-0.2, -0.15) is 0 Å². The summed E-state index contributed by atoms with van der Waals surface area (Å²) in [5.74, 6) is 0. The summed E-state index contributed by atoms with van der Waals surface area (Å²) in [5, 5.41) is 6.41. The topological polar surface area (TPSA) is 66.9 Å². The molecule has 6 heteroatoms. The van der Waals surface area contributed by atoms with E-state index < -0.39 is 0 Å². The molecule has 0 saturated carbocycles. The number of rotatable bonds is 3. The van der Waals surface area contributed by atoms with Crippen LogP contribution in [-0.2, 0) is 0 Å². The fourth-order valence-corrected chi connectivity index (χ4v) is 2.82. The second kappa shape index (κ2) is 7.00. The van der Waals surface area contributed by atoms with Crippen LogP contribution in [0.1, 0.15) is 32.2 Å². The Morgan fingerprint density at radius 3 is 2.13 bits per heavy atom. The van der Waals surface area contributed by atoms with Crippen molar-refractivity contribution in [2.75, 3.05) is 5.32 Å². The summed E-state index contributed by atoms with van der Waals surface area (Å²) in [6.07, 6.45) is 0. The number of aryl methyl sites for hydroxylation is 2. The molecule has 122 valence electrons. The average Bonchev–Trinajstić information content (AvgIpc) is 2.37. The third kappa shape index (κ3) is 5.90. The number of nitrogens with zero attached hydrogens (tertiary/aromatic N) is 2. The largest absolute Gasteiger partial charge is 0.333 e. The molecule has 0 bridgehead atoms. The monoisotopic (exact) mass is 330 g/mol. The number of aromatic nitrogens is 2. The van der Waals surface area contributed by atoms with Gasteiger partial charge in [0.1, 0.15) is 0 Å². The lowest BCUT2D eigenvalue weighted by Crippen LogP contribution is -2.43. The van der Waals surface area contributed by atoms with Crippen LogP contribution in [0, 0.1) is 13.8 Å². The highest BCUT2D eigenvalue weighted by Gasteiger charge is 2.13. The molecule has 1 aromatic carbocycles. The smallest absolute Gasteiger partial charge is 0.319 e. The van der Waals surface area contributed by atoms with E-state index in [1.54, 1.807) is 0 Å². The highest BCUT2D eigenvalue weighted by Crippen LogP contribution is 2.26. The summed E-state index contributed by atoms with van der Waals surface area (Å²) in [6, 6.07) is 9.36. The van der Waals surface area contributed by atoms with E-state index in [4.69, 9.17) is 0 Å². The third-order valence-corrected chi connectivity index (χ3v) is 3.64. The second-order valence-corrected chi connectivity index (χ2v) is 7.43. The molecule has 0 spiro atoms. The van der Waals surface area contributed by atoms with Gasteiger partial charge in [-0.25, -0.2) is 14.8 Å². The molecule has 0 aliphatic heterocycles. The number of anilines is 1.